The van der Waals surface area contributed by atoms with E-state index >= 15 is 0 Å². The second-order valence-electron chi connectivity index (χ2n) is 4.88. The Morgan fingerprint density at radius 2 is 1.58 bits per heavy atom. The minimum absolute atomic E-state index is 0.717. The summed E-state index contributed by atoms with van der Waals surface area (Å²) in [6, 6.07) is 6.22. The van der Waals surface area contributed by atoms with Crippen LogP contribution in [0.3, 0.4) is 0 Å². The highest BCUT2D eigenvalue weighted by atomic mass is 16.5. The molecule has 0 aliphatic heterocycles. The largest absolute Gasteiger partial charge is 0.493 e. The summed E-state index contributed by atoms with van der Waals surface area (Å²) in [4.78, 5) is 0. The highest BCUT2D eigenvalue weighted by molar-refractivity contribution is 5.39. The van der Waals surface area contributed by atoms with E-state index in [1.807, 2.05) is 0 Å². The number of unbranched alkanes of at least 4 members (excludes halogenated alkanes) is 2. The van der Waals surface area contributed by atoms with E-state index in [-0.39, 0.29) is 0 Å². The molecule has 0 amide bonds. The van der Waals surface area contributed by atoms with Gasteiger partial charge in [0.1, 0.15) is 5.75 Å². The van der Waals surface area contributed by atoms with Crippen molar-refractivity contribution in [1.82, 2.24) is 0 Å². The number of hydrogen-bond donors (Lipinski definition) is 1. The molecule has 1 rings (SSSR count). The molecule has 0 spiro atoms. The molecular weight excluding hydrogens is 238 g/mol. The van der Waals surface area contributed by atoms with E-state index in [4.69, 9.17) is 15.2 Å². The fourth-order valence-corrected chi connectivity index (χ4v) is 1.99. The van der Waals surface area contributed by atoms with Crippen LogP contribution in [-0.2, 0) is 4.74 Å². The molecule has 0 aliphatic rings. The Bertz CT molecular complexity index is 332. The molecule has 0 aliphatic carbocycles. The molecular formula is C16H27NO2. The number of nitrogens with two attached hydrogens (primary N) is 1. The second kappa shape index (κ2) is 9.82. The zero-order valence-corrected chi connectivity index (χ0v) is 12.3. The lowest BCUT2D eigenvalue weighted by molar-refractivity contribution is 0.116. The fraction of sp³-hybridized carbons (Fsp3) is 0.625. The van der Waals surface area contributed by atoms with Crippen LogP contribution in [0.4, 0.5) is 0 Å². The van der Waals surface area contributed by atoms with Gasteiger partial charge in [-0.15, -0.1) is 0 Å². The lowest BCUT2D eigenvalue weighted by Gasteiger charge is -2.11. The topological polar surface area (TPSA) is 44.5 Å². The fourth-order valence-electron chi connectivity index (χ4n) is 1.99. The van der Waals surface area contributed by atoms with Crippen LogP contribution in [0.1, 0.15) is 36.8 Å². The molecule has 0 aromatic heterocycles. The van der Waals surface area contributed by atoms with E-state index in [0.717, 1.165) is 51.2 Å². The predicted molar refractivity (Wildman–Crippen MR) is 79.8 cm³/mol. The first-order valence-corrected chi connectivity index (χ1v) is 7.22. The monoisotopic (exact) mass is 265 g/mol. The van der Waals surface area contributed by atoms with Crippen molar-refractivity contribution < 1.29 is 9.47 Å². The predicted octanol–water partition coefficient (Wildman–Crippen LogP) is 3.22. The number of rotatable bonds is 10. The van der Waals surface area contributed by atoms with Crippen LogP contribution >= 0.6 is 0 Å². The van der Waals surface area contributed by atoms with Crippen molar-refractivity contribution in [1.29, 1.82) is 0 Å². The van der Waals surface area contributed by atoms with Gasteiger partial charge in [-0.1, -0.05) is 18.2 Å². The molecule has 108 valence electrons. The van der Waals surface area contributed by atoms with Gasteiger partial charge < -0.3 is 15.2 Å². The van der Waals surface area contributed by atoms with Gasteiger partial charge in [-0.05, 0) is 50.8 Å². The lowest BCUT2D eigenvalue weighted by atomic mass is 10.1. The summed E-state index contributed by atoms with van der Waals surface area (Å²) in [7, 11) is 0. The molecule has 0 radical (unpaired) electrons. The van der Waals surface area contributed by atoms with Gasteiger partial charge in [0.15, 0.2) is 0 Å². The highest BCUT2D eigenvalue weighted by Crippen LogP contribution is 2.22. The third-order valence-corrected chi connectivity index (χ3v) is 3.08. The molecule has 19 heavy (non-hydrogen) atoms. The molecule has 0 saturated heterocycles. The van der Waals surface area contributed by atoms with Gasteiger partial charge in [-0.2, -0.15) is 0 Å². The first-order valence-electron chi connectivity index (χ1n) is 7.22. The number of benzene rings is 1. The number of para-hydroxylation sites is 1. The van der Waals surface area contributed by atoms with Crippen LogP contribution in [0.2, 0.25) is 0 Å². The maximum Gasteiger partial charge on any atom is 0.125 e. The Kier molecular flexibility index (Phi) is 8.26. The summed E-state index contributed by atoms with van der Waals surface area (Å²) >= 11 is 0. The van der Waals surface area contributed by atoms with Crippen LogP contribution in [-0.4, -0.2) is 26.4 Å². The zero-order chi connectivity index (χ0) is 13.9. The van der Waals surface area contributed by atoms with E-state index in [9.17, 15) is 0 Å². The van der Waals surface area contributed by atoms with Crippen LogP contribution in [0, 0.1) is 13.8 Å². The maximum atomic E-state index is 5.82. The summed E-state index contributed by atoms with van der Waals surface area (Å²) in [5.74, 6) is 1.02. The number of aryl methyl sites for hydroxylation is 2. The third kappa shape index (κ3) is 6.60. The minimum Gasteiger partial charge on any atom is -0.493 e. The molecule has 2 N–H and O–H groups in total. The van der Waals surface area contributed by atoms with Gasteiger partial charge in [0.25, 0.3) is 0 Å². The van der Waals surface area contributed by atoms with E-state index in [1.54, 1.807) is 0 Å². The van der Waals surface area contributed by atoms with Gasteiger partial charge >= 0.3 is 0 Å². The summed E-state index contributed by atoms with van der Waals surface area (Å²) < 4.78 is 11.4. The van der Waals surface area contributed by atoms with Gasteiger partial charge in [0, 0.05) is 19.6 Å². The molecule has 3 nitrogen and oxygen atoms in total. The van der Waals surface area contributed by atoms with Crippen molar-refractivity contribution >= 4 is 0 Å². The average molecular weight is 265 g/mol. The molecule has 1 aromatic carbocycles. The SMILES string of the molecule is Cc1cccc(C)c1OCCCOCCCCCN. The Hall–Kier alpha value is -1.06. The van der Waals surface area contributed by atoms with Crippen LogP contribution < -0.4 is 10.5 Å². The first-order chi connectivity index (χ1) is 9.25. The van der Waals surface area contributed by atoms with Crippen molar-refractivity contribution in [3.05, 3.63) is 29.3 Å². The van der Waals surface area contributed by atoms with E-state index < -0.39 is 0 Å². The van der Waals surface area contributed by atoms with Crippen LogP contribution in [0.5, 0.6) is 5.75 Å². The summed E-state index contributed by atoms with van der Waals surface area (Å²) in [5.41, 5.74) is 7.83. The van der Waals surface area contributed by atoms with E-state index in [1.165, 1.54) is 11.1 Å². The summed E-state index contributed by atoms with van der Waals surface area (Å²) in [6.45, 7) is 7.27. The average Bonchev–Trinajstić information content (AvgIpc) is 2.40. The summed E-state index contributed by atoms with van der Waals surface area (Å²) in [5, 5.41) is 0. The Labute approximate surface area is 117 Å². The first kappa shape index (κ1) is 16.0. The number of hydrogen-bond acceptors (Lipinski definition) is 3. The molecule has 3 heteroatoms. The highest BCUT2D eigenvalue weighted by Gasteiger charge is 2.02. The van der Waals surface area contributed by atoms with E-state index in [0.29, 0.717) is 6.61 Å². The number of ether oxygens (including phenoxy) is 2. The van der Waals surface area contributed by atoms with Crippen molar-refractivity contribution in [3.63, 3.8) is 0 Å². The molecule has 0 saturated carbocycles. The molecule has 0 fully saturated rings. The minimum atomic E-state index is 0.717. The van der Waals surface area contributed by atoms with Crippen molar-refractivity contribution in [2.75, 3.05) is 26.4 Å². The molecule has 0 atom stereocenters. The van der Waals surface area contributed by atoms with Crippen LogP contribution in [0.15, 0.2) is 18.2 Å². The van der Waals surface area contributed by atoms with Crippen LogP contribution in [0.25, 0.3) is 0 Å². The Morgan fingerprint density at radius 1 is 0.895 bits per heavy atom. The smallest absolute Gasteiger partial charge is 0.125 e. The maximum absolute atomic E-state index is 5.82. The molecule has 0 unspecified atom stereocenters. The second-order valence-corrected chi connectivity index (χ2v) is 4.88. The standard InChI is InChI=1S/C16H27NO2/c1-14-8-6-9-15(2)16(14)19-13-7-12-18-11-5-3-4-10-17/h6,8-9H,3-5,7,10-13,17H2,1-2H3. The molecule has 1 aromatic rings. The zero-order valence-electron chi connectivity index (χ0n) is 12.3. The summed E-state index contributed by atoms with van der Waals surface area (Å²) in [6.07, 6.45) is 4.30. The lowest BCUT2D eigenvalue weighted by Crippen LogP contribution is -2.06. The third-order valence-electron chi connectivity index (χ3n) is 3.08. The normalized spacial score (nSPS) is 10.7. The quantitative estimate of drug-likeness (QED) is 0.661. The van der Waals surface area contributed by atoms with Gasteiger partial charge in [0.05, 0.1) is 6.61 Å². The Balaban J connectivity index is 2.05. The van der Waals surface area contributed by atoms with Crippen molar-refractivity contribution in [3.8, 4) is 5.75 Å². The van der Waals surface area contributed by atoms with Gasteiger partial charge in [-0.25, -0.2) is 0 Å². The van der Waals surface area contributed by atoms with Gasteiger partial charge in [0.2, 0.25) is 0 Å². The van der Waals surface area contributed by atoms with E-state index in [2.05, 4.69) is 32.0 Å². The van der Waals surface area contributed by atoms with Crippen molar-refractivity contribution in [2.45, 2.75) is 39.5 Å². The molecule has 0 bridgehead atoms. The van der Waals surface area contributed by atoms with Gasteiger partial charge in [-0.3, -0.25) is 0 Å². The van der Waals surface area contributed by atoms with Crippen molar-refractivity contribution in [2.24, 2.45) is 5.73 Å². The Morgan fingerprint density at radius 3 is 2.26 bits per heavy atom. The molecule has 0 heterocycles.